The fourth-order valence-corrected chi connectivity index (χ4v) is 3.99. The lowest BCUT2D eigenvalue weighted by molar-refractivity contribution is -0.144. The van der Waals surface area contributed by atoms with E-state index in [0.29, 0.717) is 32.8 Å². The van der Waals surface area contributed by atoms with E-state index in [1.807, 2.05) is 9.80 Å². The molecule has 0 radical (unpaired) electrons. The molecule has 0 N–H and O–H groups in total. The number of carbonyl (C=O) groups is 2. The molecule has 0 aromatic heterocycles. The number of nitrogens with zero attached hydrogens (tertiary/aromatic N) is 3. The molecule has 2 amide bonds. The molecule has 3 rings (SSSR count). The van der Waals surface area contributed by atoms with Crippen molar-refractivity contribution in [2.75, 3.05) is 52.5 Å². The molecule has 3 heterocycles. The molecule has 1 atom stereocenters. The normalized spacial score (nSPS) is 27.3. The van der Waals surface area contributed by atoms with E-state index < -0.39 is 0 Å². The summed E-state index contributed by atoms with van der Waals surface area (Å²) in [6, 6.07) is -0.121. The summed E-state index contributed by atoms with van der Waals surface area (Å²) in [5, 5.41) is 0. The van der Waals surface area contributed by atoms with E-state index in [4.69, 9.17) is 4.74 Å². The summed E-state index contributed by atoms with van der Waals surface area (Å²) in [6.45, 7) is 7.87. The molecular weight excluding hydrogens is 306 g/mol. The number of likely N-dealkylation sites (tertiary alicyclic amines) is 2. The predicted molar refractivity (Wildman–Crippen MR) is 91.6 cm³/mol. The third kappa shape index (κ3) is 4.28. The molecule has 6 heteroatoms. The molecule has 24 heavy (non-hydrogen) atoms. The van der Waals surface area contributed by atoms with Crippen LogP contribution >= 0.6 is 0 Å². The second-order valence-corrected chi connectivity index (χ2v) is 7.48. The molecule has 3 aliphatic heterocycles. The van der Waals surface area contributed by atoms with Crippen LogP contribution in [0, 0.1) is 5.92 Å². The summed E-state index contributed by atoms with van der Waals surface area (Å²) in [6.07, 6.45) is 5.23. The van der Waals surface area contributed by atoms with Crippen molar-refractivity contribution in [3.8, 4) is 0 Å². The summed E-state index contributed by atoms with van der Waals surface area (Å²) < 4.78 is 5.35. The van der Waals surface area contributed by atoms with Gasteiger partial charge in [0.05, 0.1) is 25.8 Å². The highest BCUT2D eigenvalue weighted by Gasteiger charge is 2.34. The van der Waals surface area contributed by atoms with Crippen molar-refractivity contribution in [1.29, 1.82) is 0 Å². The van der Waals surface area contributed by atoms with Crippen molar-refractivity contribution >= 4 is 11.8 Å². The molecule has 3 saturated heterocycles. The molecule has 0 bridgehead atoms. The van der Waals surface area contributed by atoms with E-state index in [-0.39, 0.29) is 17.9 Å². The fourth-order valence-electron chi connectivity index (χ4n) is 3.99. The summed E-state index contributed by atoms with van der Waals surface area (Å²) in [5.41, 5.74) is 0. The molecule has 0 aromatic carbocycles. The van der Waals surface area contributed by atoms with E-state index in [9.17, 15) is 9.59 Å². The van der Waals surface area contributed by atoms with Gasteiger partial charge in [-0.15, -0.1) is 0 Å². The van der Waals surface area contributed by atoms with Gasteiger partial charge in [-0.2, -0.15) is 0 Å². The number of rotatable bonds is 3. The first-order valence-corrected chi connectivity index (χ1v) is 9.53. The van der Waals surface area contributed by atoms with Gasteiger partial charge in [-0.25, -0.2) is 0 Å². The number of hydrogen-bond donors (Lipinski definition) is 0. The van der Waals surface area contributed by atoms with Gasteiger partial charge in [0.1, 0.15) is 0 Å². The van der Waals surface area contributed by atoms with Gasteiger partial charge in [-0.3, -0.25) is 14.5 Å². The second-order valence-electron chi connectivity index (χ2n) is 7.48. The number of carbonyl (C=O) groups excluding carboxylic acids is 2. The summed E-state index contributed by atoms with van der Waals surface area (Å²) in [5.74, 6) is 1.11. The van der Waals surface area contributed by atoms with Crippen LogP contribution in [0.25, 0.3) is 0 Å². The van der Waals surface area contributed by atoms with Crippen molar-refractivity contribution in [1.82, 2.24) is 14.7 Å². The minimum atomic E-state index is -0.121. The van der Waals surface area contributed by atoms with Crippen LogP contribution in [0.5, 0.6) is 0 Å². The third-order valence-corrected chi connectivity index (χ3v) is 5.70. The molecule has 0 spiro atoms. The summed E-state index contributed by atoms with van der Waals surface area (Å²) >= 11 is 0. The van der Waals surface area contributed by atoms with E-state index >= 15 is 0 Å². The molecule has 3 aliphatic rings. The average Bonchev–Trinajstić information content (AvgIpc) is 2.63. The van der Waals surface area contributed by atoms with Gasteiger partial charge in [0, 0.05) is 26.2 Å². The van der Waals surface area contributed by atoms with Gasteiger partial charge >= 0.3 is 0 Å². The van der Waals surface area contributed by atoms with Crippen molar-refractivity contribution < 1.29 is 14.3 Å². The van der Waals surface area contributed by atoms with Crippen molar-refractivity contribution in [3.05, 3.63) is 0 Å². The maximum Gasteiger partial charge on any atom is 0.240 e. The molecule has 0 unspecified atom stereocenters. The topological polar surface area (TPSA) is 53.1 Å². The lowest BCUT2D eigenvalue weighted by Gasteiger charge is -2.39. The van der Waals surface area contributed by atoms with Gasteiger partial charge in [-0.1, -0.05) is 13.3 Å². The van der Waals surface area contributed by atoms with E-state index in [2.05, 4.69) is 11.8 Å². The van der Waals surface area contributed by atoms with Crippen LogP contribution in [0.4, 0.5) is 0 Å². The van der Waals surface area contributed by atoms with Gasteiger partial charge in [0.25, 0.3) is 0 Å². The third-order valence-electron chi connectivity index (χ3n) is 5.70. The molecular formula is C18H31N3O3. The van der Waals surface area contributed by atoms with Crippen molar-refractivity contribution in [2.24, 2.45) is 5.92 Å². The summed E-state index contributed by atoms with van der Waals surface area (Å²) in [4.78, 5) is 31.6. The number of amides is 2. The molecule has 136 valence electrons. The number of ether oxygens (including phenoxy) is 1. The van der Waals surface area contributed by atoms with Crippen LogP contribution in [0.3, 0.4) is 0 Å². The fraction of sp³-hybridized carbons (Fsp3) is 0.889. The Balaban J connectivity index is 1.57. The average molecular weight is 337 g/mol. The monoisotopic (exact) mass is 337 g/mol. The second kappa shape index (κ2) is 8.30. The SMILES string of the molecule is CC1CCN(C(=O)CN2CCCC[C@H]2C(=O)N2CCOCC2)CC1. The number of morpholine rings is 1. The highest BCUT2D eigenvalue weighted by molar-refractivity contribution is 5.84. The zero-order chi connectivity index (χ0) is 16.9. The first kappa shape index (κ1) is 17.7. The Morgan fingerprint density at radius 1 is 0.917 bits per heavy atom. The molecule has 3 fully saturated rings. The van der Waals surface area contributed by atoms with Gasteiger partial charge < -0.3 is 14.5 Å². The van der Waals surface area contributed by atoms with Crippen molar-refractivity contribution in [3.63, 3.8) is 0 Å². The molecule has 6 nitrogen and oxygen atoms in total. The highest BCUT2D eigenvalue weighted by atomic mass is 16.5. The van der Waals surface area contributed by atoms with Crippen LogP contribution in [0.1, 0.15) is 39.0 Å². The summed E-state index contributed by atoms with van der Waals surface area (Å²) in [7, 11) is 0. The maximum atomic E-state index is 12.9. The van der Waals surface area contributed by atoms with Crippen LogP contribution in [0.15, 0.2) is 0 Å². The van der Waals surface area contributed by atoms with Crippen LogP contribution in [-0.2, 0) is 14.3 Å². The zero-order valence-corrected chi connectivity index (χ0v) is 14.9. The maximum absolute atomic E-state index is 12.9. The molecule has 0 saturated carbocycles. The van der Waals surface area contributed by atoms with E-state index in [1.54, 1.807) is 0 Å². The molecule has 0 aliphatic carbocycles. The van der Waals surface area contributed by atoms with Crippen LogP contribution < -0.4 is 0 Å². The highest BCUT2D eigenvalue weighted by Crippen LogP contribution is 2.21. The number of hydrogen-bond acceptors (Lipinski definition) is 4. The minimum absolute atomic E-state index is 0.121. The Bertz CT molecular complexity index is 443. The van der Waals surface area contributed by atoms with Gasteiger partial charge in [0.15, 0.2) is 0 Å². The molecule has 0 aromatic rings. The Kier molecular flexibility index (Phi) is 6.11. The minimum Gasteiger partial charge on any atom is -0.378 e. The predicted octanol–water partition coefficient (Wildman–Crippen LogP) is 0.958. The largest absolute Gasteiger partial charge is 0.378 e. The van der Waals surface area contributed by atoms with Crippen LogP contribution in [0.2, 0.25) is 0 Å². The Hall–Kier alpha value is -1.14. The van der Waals surface area contributed by atoms with Gasteiger partial charge in [0.2, 0.25) is 11.8 Å². The Labute approximate surface area is 145 Å². The first-order valence-electron chi connectivity index (χ1n) is 9.53. The Morgan fingerprint density at radius 2 is 1.62 bits per heavy atom. The van der Waals surface area contributed by atoms with Crippen molar-refractivity contribution in [2.45, 2.75) is 45.1 Å². The Morgan fingerprint density at radius 3 is 2.33 bits per heavy atom. The quantitative estimate of drug-likeness (QED) is 0.770. The zero-order valence-electron chi connectivity index (χ0n) is 14.9. The van der Waals surface area contributed by atoms with Gasteiger partial charge in [-0.05, 0) is 38.1 Å². The van der Waals surface area contributed by atoms with E-state index in [1.165, 1.54) is 0 Å². The first-order chi connectivity index (χ1) is 11.6. The standard InChI is InChI=1S/C18H31N3O3/c1-15-5-8-19(9-6-15)17(22)14-21-7-3-2-4-16(21)18(23)20-10-12-24-13-11-20/h15-16H,2-14H2,1H3/t16-/m0/s1. The smallest absolute Gasteiger partial charge is 0.240 e. The number of piperidine rings is 2. The van der Waals surface area contributed by atoms with E-state index in [0.717, 1.165) is 57.7 Å². The lowest BCUT2D eigenvalue weighted by Crippen LogP contribution is -2.55. The lowest BCUT2D eigenvalue weighted by atomic mass is 9.98. The van der Waals surface area contributed by atoms with Crippen LogP contribution in [-0.4, -0.2) is 85.0 Å².